The second-order valence-corrected chi connectivity index (χ2v) is 8.98. The predicted octanol–water partition coefficient (Wildman–Crippen LogP) is 3.41. The fourth-order valence-electron chi connectivity index (χ4n) is 3.06. The zero-order chi connectivity index (χ0) is 23.0. The van der Waals surface area contributed by atoms with Crippen molar-refractivity contribution >= 4 is 33.2 Å². The van der Waals surface area contributed by atoms with Crippen molar-refractivity contribution in [2.75, 3.05) is 26.2 Å². The van der Waals surface area contributed by atoms with Gasteiger partial charge in [0.15, 0.2) is 0 Å². The molecule has 2 aromatic carbocycles. The van der Waals surface area contributed by atoms with Crippen LogP contribution in [0.4, 0.5) is 18.9 Å². The fourth-order valence-corrected chi connectivity index (χ4v) is 4.74. The van der Waals surface area contributed by atoms with Crippen LogP contribution < -0.4 is 0 Å². The number of piperazine rings is 1. The average molecular weight is 478 g/mol. The normalized spacial score (nSPS) is 15.7. The molecule has 1 saturated heterocycles. The van der Waals surface area contributed by atoms with Crippen molar-refractivity contribution < 1.29 is 31.3 Å². The molecule has 8 nitrogen and oxygen atoms in total. The number of nitrogens with zero attached hydrogens (tertiary/aromatic N) is 3. The monoisotopic (exact) mass is 477 g/mol. The van der Waals surface area contributed by atoms with Gasteiger partial charge in [0.05, 0.1) is 26.0 Å². The third-order valence-electron chi connectivity index (χ3n) is 4.74. The molecule has 0 radical (unpaired) electrons. The SMILES string of the molecule is O=C(c1ccc([N+](=O)[O-])cc1Cl)N1CCN(S(=O)(=O)c2ccc(C(F)(F)F)cc2)CC1. The first-order valence-electron chi connectivity index (χ1n) is 8.82. The summed E-state index contributed by atoms with van der Waals surface area (Å²) in [5.74, 6) is -0.508. The van der Waals surface area contributed by atoms with Gasteiger partial charge in [-0.3, -0.25) is 14.9 Å². The Kier molecular flexibility index (Phi) is 6.25. The lowest BCUT2D eigenvalue weighted by atomic mass is 10.1. The van der Waals surface area contributed by atoms with Crippen LogP contribution in [-0.4, -0.2) is 54.6 Å². The molecule has 31 heavy (non-hydrogen) atoms. The number of rotatable bonds is 4. The van der Waals surface area contributed by atoms with E-state index in [2.05, 4.69) is 0 Å². The Bertz CT molecular complexity index is 1120. The van der Waals surface area contributed by atoms with E-state index >= 15 is 0 Å². The average Bonchev–Trinajstić information content (AvgIpc) is 2.72. The number of hydrogen-bond acceptors (Lipinski definition) is 5. The highest BCUT2D eigenvalue weighted by Crippen LogP contribution is 2.30. The van der Waals surface area contributed by atoms with E-state index in [9.17, 15) is 36.5 Å². The summed E-state index contributed by atoms with van der Waals surface area (Å²) in [6.45, 7) is -0.0998. The number of non-ortho nitro benzene ring substituents is 1. The molecule has 2 aromatic rings. The number of sulfonamides is 1. The molecule has 0 aliphatic carbocycles. The molecule has 0 bridgehead atoms. The third kappa shape index (κ3) is 4.81. The molecule has 0 unspecified atom stereocenters. The van der Waals surface area contributed by atoms with Crippen molar-refractivity contribution in [1.29, 1.82) is 0 Å². The maximum absolute atomic E-state index is 12.7. The minimum absolute atomic E-state index is 0.0199. The Hall–Kier alpha value is -2.70. The molecule has 0 saturated carbocycles. The first-order valence-corrected chi connectivity index (χ1v) is 10.6. The lowest BCUT2D eigenvalue weighted by Gasteiger charge is -2.34. The fraction of sp³-hybridized carbons (Fsp3) is 0.278. The van der Waals surface area contributed by atoms with Crippen LogP contribution in [0.25, 0.3) is 0 Å². The molecule has 1 aliphatic rings. The first-order chi connectivity index (χ1) is 14.4. The Morgan fingerprint density at radius 3 is 2.10 bits per heavy atom. The summed E-state index contributed by atoms with van der Waals surface area (Å²) < 4.78 is 64.5. The van der Waals surface area contributed by atoms with Crippen LogP contribution in [0, 0.1) is 10.1 Å². The van der Waals surface area contributed by atoms with Gasteiger partial charge in [0.25, 0.3) is 11.6 Å². The topological polar surface area (TPSA) is 101 Å². The molecule has 3 rings (SSSR count). The molecule has 1 aliphatic heterocycles. The Labute approximate surface area is 180 Å². The van der Waals surface area contributed by atoms with Crippen LogP contribution in [0.15, 0.2) is 47.4 Å². The molecule has 13 heteroatoms. The molecular weight excluding hydrogens is 463 g/mol. The molecule has 1 fully saturated rings. The van der Waals surface area contributed by atoms with Crippen LogP contribution in [0.2, 0.25) is 5.02 Å². The van der Waals surface area contributed by atoms with Gasteiger partial charge in [-0.05, 0) is 30.3 Å². The third-order valence-corrected chi connectivity index (χ3v) is 6.96. The van der Waals surface area contributed by atoms with E-state index in [1.807, 2.05) is 0 Å². The van der Waals surface area contributed by atoms with Gasteiger partial charge in [-0.2, -0.15) is 17.5 Å². The van der Waals surface area contributed by atoms with Gasteiger partial charge in [-0.1, -0.05) is 11.6 Å². The summed E-state index contributed by atoms with van der Waals surface area (Å²) >= 11 is 5.98. The zero-order valence-corrected chi connectivity index (χ0v) is 17.2. The predicted molar refractivity (Wildman–Crippen MR) is 104 cm³/mol. The van der Waals surface area contributed by atoms with Gasteiger partial charge in [0.2, 0.25) is 10.0 Å². The number of hydrogen-bond donors (Lipinski definition) is 0. The molecule has 1 amide bonds. The summed E-state index contributed by atoms with van der Waals surface area (Å²) in [5.41, 5.74) is -1.18. The Balaban J connectivity index is 1.70. The number of nitro benzene ring substituents is 1. The maximum Gasteiger partial charge on any atom is 0.416 e. The number of benzene rings is 2. The van der Waals surface area contributed by atoms with Gasteiger partial charge in [-0.15, -0.1) is 0 Å². The number of nitro groups is 1. The number of carbonyl (C=O) groups is 1. The van der Waals surface area contributed by atoms with Gasteiger partial charge in [0.1, 0.15) is 0 Å². The van der Waals surface area contributed by atoms with Crippen molar-refractivity contribution in [3.05, 3.63) is 68.7 Å². The summed E-state index contributed by atoms with van der Waals surface area (Å²) in [6, 6.07) is 6.61. The summed E-state index contributed by atoms with van der Waals surface area (Å²) in [4.78, 5) is 23.9. The molecule has 0 aromatic heterocycles. The van der Waals surface area contributed by atoms with E-state index in [1.165, 1.54) is 11.0 Å². The van der Waals surface area contributed by atoms with Gasteiger partial charge in [-0.25, -0.2) is 8.42 Å². The summed E-state index contributed by atoms with van der Waals surface area (Å²) in [7, 11) is -4.03. The quantitative estimate of drug-likeness (QED) is 0.496. The van der Waals surface area contributed by atoms with Crippen LogP contribution in [0.1, 0.15) is 15.9 Å². The van der Waals surface area contributed by atoms with Crippen LogP contribution >= 0.6 is 11.6 Å². The second kappa shape index (κ2) is 8.44. The first kappa shape index (κ1) is 23.0. The Morgan fingerprint density at radius 2 is 1.61 bits per heavy atom. The zero-order valence-electron chi connectivity index (χ0n) is 15.7. The maximum atomic E-state index is 12.7. The second-order valence-electron chi connectivity index (χ2n) is 6.64. The number of alkyl halides is 3. The van der Waals surface area contributed by atoms with E-state index in [0.717, 1.165) is 28.6 Å². The molecule has 0 atom stereocenters. The largest absolute Gasteiger partial charge is 0.416 e. The lowest BCUT2D eigenvalue weighted by molar-refractivity contribution is -0.384. The summed E-state index contributed by atoms with van der Waals surface area (Å²) in [5, 5.41) is 10.7. The van der Waals surface area contributed by atoms with Gasteiger partial charge in [0, 0.05) is 38.3 Å². The van der Waals surface area contributed by atoms with Crippen LogP contribution in [0.3, 0.4) is 0 Å². The smallest absolute Gasteiger partial charge is 0.336 e. The minimum Gasteiger partial charge on any atom is -0.336 e. The highest BCUT2D eigenvalue weighted by atomic mass is 35.5. The molecule has 166 valence electrons. The highest BCUT2D eigenvalue weighted by molar-refractivity contribution is 7.89. The van der Waals surface area contributed by atoms with Gasteiger partial charge >= 0.3 is 6.18 Å². The van der Waals surface area contributed by atoms with Crippen molar-refractivity contribution in [2.24, 2.45) is 0 Å². The minimum atomic E-state index is -4.58. The molecule has 0 spiro atoms. The molecule has 1 heterocycles. The van der Waals surface area contributed by atoms with Crippen LogP contribution in [0.5, 0.6) is 0 Å². The number of amides is 1. The number of halogens is 4. The van der Waals surface area contributed by atoms with E-state index < -0.39 is 32.6 Å². The van der Waals surface area contributed by atoms with E-state index in [-0.39, 0.29) is 47.3 Å². The summed E-state index contributed by atoms with van der Waals surface area (Å²) in [6.07, 6.45) is -4.58. The van der Waals surface area contributed by atoms with Crippen LogP contribution in [-0.2, 0) is 16.2 Å². The molecule has 0 N–H and O–H groups in total. The molecular formula is C18H15ClF3N3O5S. The Morgan fingerprint density at radius 1 is 1.03 bits per heavy atom. The lowest BCUT2D eigenvalue weighted by Crippen LogP contribution is -2.50. The standard InChI is InChI=1S/C18H15ClF3N3O5S/c19-16-11-13(25(27)28)3-6-15(16)17(26)23-7-9-24(10-8-23)31(29,30)14-4-1-12(2-5-14)18(20,21)22/h1-6,11H,7-10H2. The highest BCUT2D eigenvalue weighted by Gasteiger charge is 2.33. The van der Waals surface area contributed by atoms with Gasteiger partial charge < -0.3 is 4.90 Å². The van der Waals surface area contributed by atoms with E-state index in [0.29, 0.717) is 12.1 Å². The van der Waals surface area contributed by atoms with E-state index in [1.54, 1.807) is 0 Å². The van der Waals surface area contributed by atoms with E-state index in [4.69, 9.17) is 11.6 Å². The number of carbonyl (C=O) groups excluding carboxylic acids is 1. The van der Waals surface area contributed by atoms with Crippen molar-refractivity contribution in [3.8, 4) is 0 Å². The van der Waals surface area contributed by atoms with Crippen molar-refractivity contribution in [3.63, 3.8) is 0 Å². The van der Waals surface area contributed by atoms with Crippen molar-refractivity contribution in [1.82, 2.24) is 9.21 Å². The van der Waals surface area contributed by atoms with Crippen molar-refractivity contribution in [2.45, 2.75) is 11.1 Å².